The summed E-state index contributed by atoms with van der Waals surface area (Å²) in [6.45, 7) is 6.79. The van der Waals surface area contributed by atoms with Gasteiger partial charge in [0.1, 0.15) is 0 Å². The zero-order valence-electron chi connectivity index (χ0n) is 9.91. The minimum atomic E-state index is -0.295. The quantitative estimate of drug-likeness (QED) is 0.548. The Balaban J connectivity index is 3.16. The molecule has 0 aliphatic rings. The Labute approximate surface area is 92.1 Å². The average molecular weight is 215 g/mol. The van der Waals surface area contributed by atoms with E-state index in [1.165, 1.54) is 0 Å². The van der Waals surface area contributed by atoms with Crippen LogP contribution in [-0.2, 0) is 14.2 Å². The lowest BCUT2D eigenvalue weighted by Gasteiger charge is -2.14. The van der Waals surface area contributed by atoms with Gasteiger partial charge < -0.3 is 14.2 Å². The fraction of sp³-hybridized carbons (Fsp3) is 0.909. The van der Waals surface area contributed by atoms with Crippen molar-refractivity contribution in [3.05, 3.63) is 0 Å². The highest BCUT2D eigenvalue weighted by molar-refractivity contribution is 4.91. The zero-order chi connectivity index (χ0) is 11.6. The van der Waals surface area contributed by atoms with Crippen LogP contribution in [0.3, 0.4) is 0 Å². The van der Waals surface area contributed by atoms with Crippen LogP contribution in [0.2, 0.25) is 0 Å². The maximum atomic E-state index is 8.75. The highest BCUT2D eigenvalue weighted by atomic mass is 16.5. The van der Waals surface area contributed by atoms with Crippen LogP contribution in [0.1, 0.15) is 20.3 Å². The van der Waals surface area contributed by atoms with E-state index in [0.29, 0.717) is 33.0 Å². The predicted molar refractivity (Wildman–Crippen MR) is 57.5 cm³/mol. The summed E-state index contributed by atoms with van der Waals surface area (Å²) in [6.07, 6.45) is 0.752. The third-order valence-electron chi connectivity index (χ3n) is 1.98. The predicted octanol–water partition coefficient (Wildman–Crippen LogP) is 1.61. The summed E-state index contributed by atoms with van der Waals surface area (Å²) in [5, 5.41) is 8.75. The maximum Gasteiger partial charge on any atom is 0.0701 e. The molecule has 0 fully saturated rings. The van der Waals surface area contributed by atoms with Crippen LogP contribution in [-0.4, -0.2) is 40.1 Å². The van der Waals surface area contributed by atoms with Crippen LogP contribution in [0.25, 0.3) is 0 Å². The summed E-state index contributed by atoms with van der Waals surface area (Å²) in [5.41, 5.74) is -0.295. The van der Waals surface area contributed by atoms with E-state index < -0.39 is 0 Å². The van der Waals surface area contributed by atoms with Crippen molar-refractivity contribution in [2.75, 3.05) is 40.1 Å². The van der Waals surface area contributed by atoms with Gasteiger partial charge in [0, 0.05) is 13.7 Å². The zero-order valence-corrected chi connectivity index (χ0v) is 9.91. The minimum absolute atomic E-state index is 0.295. The van der Waals surface area contributed by atoms with Gasteiger partial charge >= 0.3 is 0 Å². The van der Waals surface area contributed by atoms with Crippen molar-refractivity contribution in [2.45, 2.75) is 20.3 Å². The number of nitrogens with zero attached hydrogens (tertiary/aromatic N) is 1. The van der Waals surface area contributed by atoms with Crippen LogP contribution in [0.5, 0.6) is 0 Å². The largest absolute Gasteiger partial charge is 0.382 e. The van der Waals surface area contributed by atoms with Gasteiger partial charge in [0.15, 0.2) is 0 Å². The lowest BCUT2D eigenvalue weighted by Crippen LogP contribution is -2.14. The Hall–Kier alpha value is -0.630. The standard InChI is InChI=1S/C11H21NO3/c1-11(2,10-12)4-5-14-8-9-15-7-6-13-3/h4-9H2,1-3H3. The van der Waals surface area contributed by atoms with Crippen molar-refractivity contribution in [3.63, 3.8) is 0 Å². The van der Waals surface area contributed by atoms with Gasteiger partial charge in [-0.15, -0.1) is 0 Å². The first-order valence-corrected chi connectivity index (χ1v) is 5.18. The van der Waals surface area contributed by atoms with Crippen molar-refractivity contribution in [3.8, 4) is 6.07 Å². The first-order chi connectivity index (χ1) is 7.12. The summed E-state index contributed by atoms with van der Waals surface area (Å²) in [6, 6.07) is 2.23. The van der Waals surface area contributed by atoms with E-state index in [0.717, 1.165) is 6.42 Å². The van der Waals surface area contributed by atoms with E-state index in [-0.39, 0.29) is 5.41 Å². The molecule has 0 heterocycles. The molecule has 0 amide bonds. The van der Waals surface area contributed by atoms with E-state index in [4.69, 9.17) is 19.5 Å². The molecule has 0 saturated carbocycles. The van der Waals surface area contributed by atoms with Gasteiger partial charge in [-0.3, -0.25) is 0 Å². The van der Waals surface area contributed by atoms with Gasteiger partial charge in [-0.2, -0.15) is 5.26 Å². The smallest absolute Gasteiger partial charge is 0.0701 e. The maximum absolute atomic E-state index is 8.75. The summed E-state index contributed by atoms with van der Waals surface area (Å²) >= 11 is 0. The van der Waals surface area contributed by atoms with Gasteiger partial charge in [-0.25, -0.2) is 0 Å². The molecule has 4 nitrogen and oxygen atoms in total. The van der Waals surface area contributed by atoms with Crippen LogP contribution < -0.4 is 0 Å². The van der Waals surface area contributed by atoms with Gasteiger partial charge in [0.05, 0.1) is 37.9 Å². The second kappa shape index (κ2) is 8.66. The summed E-state index contributed by atoms with van der Waals surface area (Å²) in [4.78, 5) is 0. The Bertz CT molecular complexity index is 187. The molecule has 0 aromatic rings. The van der Waals surface area contributed by atoms with Crippen molar-refractivity contribution in [1.82, 2.24) is 0 Å². The molecule has 0 aliphatic heterocycles. The van der Waals surface area contributed by atoms with Gasteiger partial charge in [-0.05, 0) is 20.3 Å². The topological polar surface area (TPSA) is 51.5 Å². The van der Waals surface area contributed by atoms with E-state index in [9.17, 15) is 0 Å². The monoisotopic (exact) mass is 215 g/mol. The molecule has 88 valence electrons. The van der Waals surface area contributed by atoms with Gasteiger partial charge in [0.2, 0.25) is 0 Å². The summed E-state index contributed by atoms with van der Waals surface area (Å²) < 4.78 is 15.4. The van der Waals surface area contributed by atoms with Crippen LogP contribution in [0, 0.1) is 16.7 Å². The third-order valence-corrected chi connectivity index (χ3v) is 1.98. The molecule has 0 aromatic carbocycles. The average Bonchev–Trinajstić information content (AvgIpc) is 2.22. The third kappa shape index (κ3) is 9.67. The van der Waals surface area contributed by atoms with Crippen LogP contribution in [0.15, 0.2) is 0 Å². The van der Waals surface area contributed by atoms with Crippen molar-refractivity contribution >= 4 is 0 Å². The minimum Gasteiger partial charge on any atom is -0.382 e. The molecule has 0 N–H and O–H groups in total. The van der Waals surface area contributed by atoms with Gasteiger partial charge in [-0.1, -0.05) is 0 Å². The number of ether oxygens (including phenoxy) is 3. The molecule has 0 spiro atoms. The van der Waals surface area contributed by atoms with Crippen LogP contribution >= 0.6 is 0 Å². The molecule has 0 aromatic heterocycles. The number of hydrogen-bond donors (Lipinski definition) is 0. The first-order valence-electron chi connectivity index (χ1n) is 5.18. The lowest BCUT2D eigenvalue weighted by molar-refractivity contribution is 0.0207. The highest BCUT2D eigenvalue weighted by Crippen LogP contribution is 2.17. The van der Waals surface area contributed by atoms with E-state index in [2.05, 4.69) is 6.07 Å². The van der Waals surface area contributed by atoms with E-state index in [1.807, 2.05) is 13.8 Å². The number of hydrogen-bond acceptors (Lipinski definition) is 4. The Morgan fingerprint density at radius 2 is 1.53 bits per heavy atom. The van der Waals surface area contributed by atoms with Crippen molar-refractivity contribution in [2.24, 2.45) is 5.41 Å². The molecule has 0 rings (SSSR count). The molecular formula is C11H21NO3. The molecule has 0 saturated heterocycles. The molecule has 0 aliphatic carbocycles. The lowest BCUT2D eigenvalue weighted by atomic mass is 9.92. The SMILES string of the molecule is COCCOCCOCCC(C)(C)C#N. The van der Waals surface area contributed by atoms with Crippen LogP contribution in [0.4, 0.5) is 0 Å². The molecule has 0 radical (unpaired) electrons. The second-order valence-electron chi connectivity index (χ2n) is 3.96. The highest BCUT2D eigenvalue weighted by Gasteiger charge is 2.15. The molecule has 4 heteroatoms. The Morgan fingerprint density at radius 1 is 1.00 bits per heavy atom. The fourth-order valence-corrected chi connectivity index (χ4v) is 0.847. The molecular weight excluding hydrogens is 194 g/mol. The summed E-state index contributed by atoms with van der Waals surface area (Å²) in [7, 11) is 1.64. The van der Waals surface area contributed by atoms with Crippen molar-refractivity contribution in [1.29, 1.82) is 5.26 Å². The number of methoxy groups -OCH3 is 1. The summed E-state index contributed by atoms with van der Waals surface area (Å²) in [5.74, 6) is 0. The van der Waals surface area contributed by atoms with Gasteiger partial charge in [0.25, 0.3) is 0 Å². The molecule has 15 heavy (non-hydrogen) atoms. The fourth-order valence-electron chi connectivity index (χ4n) is 0.847. The van der Waals surface area contributed by atoms with E-state index in [1.54, 1.807) is 7.11 Å². The first kappa shape index (κ1) is 14.4. The van der Waals surface area contributed by atoms with Crippen molar-refractivity contribution < 1.29 is 14.2 Å². The number of rotatable bonds is 9. The normalized spacial score (nSPS) is 11.3. The number of nitriles is 1. The molecule has 0 atom stereocenters. The molecule has 0 unspecified atom stereocenters. The Morgan fingerprint density at radius 3 is 2.07 bits per heavy atom. The second-order valence-corrected chi connectivity index (χ2v) is 3.96. The van der Waals surface area contributed by atoms with E-state index >= 15 is 0 Å². The Kier molecular flexibility index (Phi) is 8.30. The molecule has 0 bridgehead atoms.